The van der Waals surface area contributed by atoms with Crippen LogP contribution < -0.4 is 4.74 Å². The molecule has 0 saturated heterocycles. The SMILES string of the molecule is COc1[c]cc(C)cc1-c1cc(I)ccc1Br. The number of aryl methyl sites for hydroxylation is 1. The maximum absolute atomic E-state index is 5.37. The van der Waals surface area contributed by atoms with E-state index in [1.54, 1.807) is 7.11 Å². The molecular weight excluding hydrogens is 391 g/mol. The third kappa shape index (κ3) is 2.83. The van der Waals surface area contributed by atoms with E-state index in [-0.39, 0.29) is 0 Å². The first-order chi connectivity index (χ1) is 8.11. The van der Waals surface area contributed by atoms with Crippen LogP contribution in [0.1, 0.15) is 5.56 Å². The zero-order valence-corrected chi connectivity index (χ0v) is 13.3. The second-order valence-corrected chi connectivity index (χ2v) is 5.85. The van der Waals surface area contributed by atoms with Crippen LogP contribution in [0.25, 0.3) is 11.1 Å². The normalized spacial score (nSPS) is 10.4. The molecule has 0 aliphatic carbocycles. The third-order valence-electron chi connectivity index (χ3n) is 2.47. The van der Waals surface area contributed by atoms with Gasteiger partial charge < -0.3 is 4.74 Å². The molecule has 2 aromatic carbocycles. The Morgan fingerprint density at radius 3 is 2.71 bits per heavy atom. The predicted molar refractivity (Wildman–Crippen MR) is 82.4 cm³/mol. The van der Waals surface area contributed by atoms with E-state index in [1.807, 2.05) is 6.07 Å². The Balaban J connectivity index is 2.66. The summed E-state index contributed by atoms with van der Waals surface area (Å²) in [6.07, 6.45) is 0. The van der Waals surface area contributed by atoms with E-state index in [4.69, 9.17) is 4.74 Å². The van der Waals surface area contributed by atoms with Gasteiger partial charge in [-0.05, 0) is 65.4 Å². The van der Waals surface area contributed by atoms with Crippen molar-refractivity contribution in [3.05, 3.63) is 50.0 Å². The lowest BCUT2D eigenvalue weighted by atomic mass is 10.0. The molecule has 0 aliphatic rings. The van der Waals surface area contributed by atoms with E-state index in [2.05, 4.69) is 75.8 Å². The first-order valence-corrected chi connectivity index (χ1v) is 7.00. The largest absolute Gasteiger partial charge is 0.495 e. The smallest absolute Gasteiger partial charge is 0.134 e. The lowest BCUT2D eigenvalue weighted by Gasteiger charge is -2.11. The summed E-state index contributed by atoms with van der Waals surface area (Å²) in [5, 5.41) is 0. The van der Waals surface area contributed by atoms with Gasteiger partial charge in [0.1, 0.15) is 5.75 Å². The molecule has 17 heavy (non-hydrogen) atoms. The molecule has 87 valence electrons. The van der Waals surface area contributed by atoms with Crippen molar-refractivity contribution >= 4 is 38.5 Å². The molecular formula is C14H11BrIO. The zero-order valence-electron chi connectivity index (χ0n) is 9.55. The van der Waals surface area contributed by atoms with Gasteiger partial charge in [-0.3, -0.25) is 0 Å². The van der Waals surface area contributed by atoms with Crippen LogP contribution in [-0.2, 0) is 0 Å². The van der Waals surface area contributed by atoms with Crippen molar-refractivity contribution in [2.24, 2.45) is 0 Å². The maximum atomic E-state index is 5.37. The number of rotatable bonds is 2. The van der Waals surface area contributed by atoms with E-state index in [0.29, 0.717) is 0 Å². The fourth-order valence-electron chi connectivity index (χ4n) is 1.66. The molecule has 0 atom stereocenters. The minimum atomic E-state index is 0.776. The first kappa shape index (κ1) is 12.9. The van der Waals surface area contributed by atoms with Gasteiger partial charge in [0.2, 0.25) is 0 Å². The summed E-state index contributed by atoms with van der Waals surface area (Å²) >= 11 is 5.89. The lowest BCUT2D eigenvalue weighted by Crippen LogP contribution is -1.90. The predicted octanol–water partition coefficient (Wildman–Crippen LogP) is 4.84. The fraction of sp³-hybridized carbons (Fsp3) is 0.143. The van der Waals surface area contributed by atoms with Crippen LogP contribution in [0.2, 0.25) is 0 Å². The van der Waals surface area contributed by atoms with E-state index < -0.39 is 0 Å². The molecule has 0 amide bonds. The highest BCUT2D eigenvalue weighted by Crippen LogP contribution is 2.36. The van der Waals surface area contributed by atoms with Gasteiger partial charge in [0.05, 0.1) is 7.11 Å². The molecule has 2 aromatic rings. The Morgan fingerprint density at radius 2 is 2.00 bits per heavy atom. The van der Waals surface area contributed by atoms with E-state index in [0.717, 1.165) is 21.3 Å². The van der Waals surface area contributed by atoms with E-state index in [1.165, 1.54) is 9.13 Å². The number of halogens is 2. The van der Waals surface area contributed by atoms with Gasteiger partial charge >= 0.3 is 0 Å². The van der Waals surface area contributed by atoms with Crippen LogP contribution in [0.15, 0.2) is 34.8 Å². The van der Waals surface area contributed by atoms with Crippen molar-refractivity contribution in [2.45, 2.75) is 6.92 Å². The first-order valence-electron chi connectivity index (χ1n) is 5.13. The molecule has 0 spiro atoms. The van der Waals surface area contributed by atoms with Crippen molar-refractivity contribution in [1.29, 1.82) is 0 Å². The minimum Gasteiger partial charge on any atom is -0.495 e. The second-order valence-electron chi connectivity index (χ2n) is 3.75. The Bertz CT molecular complexity index is 552. The second kappa shape index (κ2) is 5.40. The van der Waals surface area contributed by atoms with Crippen LogP contribution in [0.3, 0.4) is 0 Å². The summed E-state index contributed by atoms with van der Waals surface area (Å²) in [5.41, 5.74) is 3.37. The van der Waals surface area contributed by atoms with Crippen molar-refractivity contribution in [2.75, 3.05) is 7.11 Å². The highest BCUT2D eigenvalue weighted by molar-refractivity contribution is 14.1. The van der Waals surface area contributed by atoms with Crippen molar-refractivity contribution in [3.8, 4) is 16.9 Å². The summed E-state index contributed by atoms with van der Waals surface area (Å²) in [6.45, 7) is 2.06. The van der Waals surface area contributed by atoms with Gasteiger partial charge in [-0.2, -0.15) is 0 Å². The quantitative estimate of drug-likeness (QED) is 0.654. The molecule has 0 fully saturated rings. The Morgan fingerprint density at radius 1 is 1.24 bits per heavy atom. The van der Waals surface area contributed by atoms with Crippen molar-refractivity contribution in [1.82, 2.24) is 0 Å². The standard InChI is InChI=1S/C14H11BrIO/c1-9-3-6-14(17-2)12(7-9)11-8-10(16)4-5-13(11)15/h3-5,7-8H,1-2H3. The summed E-state index contributed by atoms with van der Waals surface area (Å²) < 4.78 is 7.63. The minimum absolute atomic E-state index is 0.776. The molecule has 3 heteroatoms. The third-order valence-corrected chi connectivity index (χ3v) is 3.83. The molecule has 0 aromatic heterocycles. The average Bonchev–Trinajstić information content (AvgIpc) is 2.32. The average molecular weight is 402 g/mol. The van der Waals surface area contributed by atoms with Gasteiger partial charge in [0.25, 0.3) is 0 Å². The van der Waals surface area contributed by atoms with Crippen LogP contribution in [0.5, 0.6) is 5.75 Å². The van der Waals surface area contributed by atoms with Crippen LogP contribution >= 0.6 is 38.5 Å². The van der Waals surface area contributed by atoms with Gasteiger partial charge in [-0.1, -0.05) is 15.9 Å². The van der Waals surface area contributed by atoms with Gasteiger partial charge in [0, 0.05) is 25.2 Å². The van der Waals surface area contributed by atoms with Crippen molar-refractivity contribution < 1.29 is 4.74 Å². The van der Waals surface area contributed by atoms with Gasteiger partial charge in [-0.15, -0.1) is 0 Å². The molecule has 1 radical (unpaired) electrons. The lowest BCUT2D eigenvalue weighted by molar-refractivity contribution is 0.415. The number of hydrogen-bond acceptors (Lipinski definition) is 1. The Kier molecular flexibility index (Phi) is 4.09. The van der Waals surface area contributed by atoms with E-state index in [9.17, 15) is 0 Å². The van der Waals surface area contributed by atoms with E-state index >= 15 is 0 Å². The monoisotopic (exact) mass is 401 g/mol. The number of hydrogen-bond donors (Lipinski definition) is 0. The molecule has 0 bridgehead atoms. The number of methoxy groups -OCH3 is 1. The Labute approximate surface area is 123 Å². The highest BCUT2D eigenvalue weighted by Gasteiger charge is 2.10. The summed E-state index contributed by atoms with van der Waals surface area (Å²) in [4.78, 5) is 0. The zero-order chi connectivity index (χ0) is 12.4. The van der Waals surface area contributed by atoms with Crippen LogP contribution in [-0.4, -0.2) is 7.11 Å². The maximum Gasteiger partial charge on any atom is 0.134 e. The molecule has 0 heterocycles. The topological polar surface area (TPSA) is 9.23 Å². The fourth-order valence-corrected chi connectivity index (χ4v) is 2.62. The number of benzene rings is 2. The summed E-state index contributed by atoms with van der Waals surface area (Å²) in [6, 6.07) is 13.5. The van der Waals surface area contributed by atoms with Crippen molar-refractivity contribution in [3.63, 3.8) is 0 Å². The molecule has 0 unspecified atom stereocenters. The molecule has 1 nitrogen and oxygen atoms in total. The van der Waals surface area contributed by atoms with Crippen LogP contribution in [0.4, 0.5) is 0 Å². The molecule has 0 N–H and O–H groups in total. The number of ether oxygens (including phenoxy) is 1. The molecule has 0 saturated carbocycles. The van der Waals surface area contributed by atoms with Crippen LogP contribution in [0, 0.1) is 16.6 Å². The summed E-state index contributed by atoms with van der Waals surface area (Å²) in [7, 11) is 1.67. The molecule has 2 rings (SSSR count). The molecule has 0 aliphatic heterocycles. The Hall–Kier alpha value is -0.550. The highest BCUT2D eigenvalue weighted by atomic mass is 127. The summed E-state index contributed by atoms with van der Waals surface area (Å²) in [5.74, 6) is 0.776. The van der Waals surface area contributed by atoms with Gasteiger partial charge in [0.15, 0.2) is 0 Å². The van der Waals surface area contributed by atoms with Gasteiger partial charge in [-0.25, -0.2) is 0 Å².